The van der Waals surface area contributed by atoms with E-state index in [1.54, 1.807) is 20.8 Å². The lowest BCUT2D eigenvalue weighted by Crippen LogP contribution is -2.45. The molecule has 1 saturated heterocycles. The van der Waals surface area contributed by atoms with Crippen molar-refractivity contribution in [1.82, 2.24) is 9.71 Å². The Morgan fingerprint density at radius 3 is 2.43 bits per heavy atom. The standard InChI is InChI=1S/C22H32FN3O3S/c1-22(2,3)30(27,28)25-16-6-4-15(5-7-16)19-14-17-18(24-19)8-9-20(21(17)23)26-10-12-29-13-11-26/h8-9,14-16,24-25H,4-7,10-13H2,1-3H3/t15-,16-. The molecule has 2 aliphatic rings. The van der Waals surface area contributed by atoms with Gasteiger partial charge in [-0.1, -0.05) is 0 Å². The Bertz CT molecular complexity index is 999. The van der Waals surface area contributed by atoms with E-state index in [2.05, 4.69) is 9.71 Å². The second-order valence-corrected chi connectivity index (χ2v) is 11.9. The zero-order chi connectivity index (χ0) is 21.5. The van der Waals surface area contributed by atoms with E-state index in [4.69, 9.17) is 4.74 Å². The minimum absolute atomic E-state index is 0.0282. The molecule has 166 valence electrons. The van der Waals surface area contributed by atoms with E-state index < -0.39 is 14.8 Å². The van der Waals surface area contributed by atoms with Crippen LogP contribution in [0, 0.1) is 5.82 Å². The largest absolute Gasteiger partial charge is 0.378 e. The van der Waals surface area contributed by atoms with Crippen LogP contribution in [0.25, 0.3) is 10.9 Å². The lowest BCUT2D eigenvalue weighted by Gasteiger charge is -2.31. The predicted octanol–water partition coefficient (Wildman–Crippen LogP) is 3.89. The van der Waals surface area contributed by atoms with Gasteiger partial charge in [0.25, 0.3) is 0 Å². The number of aromatic nitrogens is 1. The molecule has 8 heteroatoms. The molecule has 1 aliphatic heterocycles. The number of nitrogens with zero attached hydrogens (tertiary/aromatic N) is 1. The second kappa shape index (κ2) is 8.13. The van der Waals surface area contributed by atoms with Crippen molar-refractivity contribution in [3.63, 3.8) is 0 Å². The Balaban J connectivity index is 1.46. The van der Waals surface area contributed by atoms with Crippen molar-refractivity contribution in [1.29, 1.82) is 0 Å². The zero-order valence-electron chi connectivity index (χ0n) is 18.0. The third-order valence-electron chi connectivity index (χ3n) is 6.39. The van der Waals surface area contributed by atoms with Gasteiger partial charge in [0.2, 0.25) is 10.0 Å². The third-order valence-corrected chi connectivity index (χ3v) is 8.64. The van der Waals surface area contributed by atoms with Gasteiger partial charge in [0, 0.05) is 35.7 Å². The SMILES string of the molecule is CC(C)(C)S(=O)(=O)N[C@H]1CC[C@H](c2cc3c(F)c(N4CCOCC4)ccc3[nH]2)CC1. The van der Waals surface area contributed by atoms with Gasteiger partial charge in [-0.15, -0.1) is 0 Å². The summed E-state index contributed by atoms with van der Waals surface area (Å²) in [5.74, 6) is 0.113. The van der Waals surface area contributed by atoms with Crippen molar-refractivity contribution in [2.75, 3.05) is 31.2 Å². The fraction of sp³-hybridized carbons (Fsp3) is 0.636. The van der Waals surface area contributed by atoms with Crippen LogP contribution >= 0.6 is 0 Å². The fourth-order valence-corrected chi connectivity index (χ4v) is 5.39. The first-order chi connectivity index (χ1) is 14.2. The minimum atomic E-state index is -3.34. The van der Waals surface area contributed by atoms with E-state index in [1.165, 1.54) is 0 Å². The number of morpholine rings is 1. The number of anilines is 1. The number of hydrogen-bond acceptors (Lipinski definition) is 4. The summed E-state index contributed by atoms with van der Waals surface area (Å²) in [4.78, 5) is 5.44. The molecule has 2 heterocycles. The predicted molar refractivity (Wildman–Crippen MR) is 118 cm³/mol. The molecular weight excluding hydrogens is 405 g/mol. The molecule has 0 unspecified atom stereocenters. The maximum atomic E-state index is 15.2. The average molecular weight is 438 g/mol. The van der Waals surface area contributed by atoms with Gasteiger partial charge in [0.1, 0.15) is 0 Å². The smallest absolute Gasteiger partial charge is 0.216 e. The van der Waals surface area contributed by atoms with Gasteiger partial charge in [-0.2, -0.15) is 0 Å². The van der Waals surface area contributed by atoms with Crippen LogP contribution < -0.4 is 9.62 Å². The Morgan fingerprint density at radius 1 is 1.13 bits per heavy atom. The van der Waals surface area contributed by atoms with Crippen LogP contribution in [0.15, 0.2) is 18.2 Å². The number of aromatic amines is 1. The maximum absolute atomic E-state index is 15.2. The molecule has 0 atom stereocenters. The molecule has 2 N–H and O–H groups in total. The summed E-state index contributed by atoms with van der Waals surface area (Å²) in [6.45, 7) is 7.79. The molecule has 1 saturated carbocycles. The molecule has 0 spiro atoms. The topological polar surface area (TPSA) is 74.4 Å². The highest BCUT2D eigenvalue weighted by Gasteiger charge is 2.33. The molecule has 2 fully saturated rings. The molecule has 1 aromatic heterocycles. The number of nitrogens with one attached hydrogen (secondary N) is 2. The summed E-state index contributed by atoms with van der Waals surface area (Å²) < 4.78 is 47.5. The Kier molecular flexibility index (Phi) is 5.85. The van der Waals surface area contributed by atoms with Crippen molar-refractivity contribution < 1.29 is 17.5 Å². The van der Waals surface area contributed by atoms with Crippen LogP contribution in [0.4, 0.5) is 10.1 Å². The molecule has 4 rings (SSSR count). The number of ether oxygens (including phenoxy) is 1. The van der Waals surface area contributed by atoms with E-state index in [0.29, 0.717) is 43.3 Å². The zero-order valence-corrected chi connectivity index (χ0v) is 18.8. The van der Waals surface area contributed by atoms with Gasteiger partial charge < -0.3 is 14.6 Å². The summed E-state index contributed by atoms with van der Waals surface area (Å²) in [6.07, 6.45) is 3.33. The molecule has 6 nitrogen and oxygen atoms in total. The molecule has 1 aliphatic carbocycles. The summed E-state index contributed by atoms with van der Waals surface area (Å²) in [5.41, 5.74) is 2.49. The Hall–Kier alpha value is -1.64. The number of benzene rings is 1. The second-order valence-electron chi connectivity index (χ2n) is 9.47. The van der Waals surface area contributed by atoms with E-state index in [-0.39, 0.29) is 11.9 Å². The molecule has 0 amide bonds. The number of halogens is 1. The number of fused-ring (bicyclic) bond motifs is 1. The van der Waals surface area contributed by atoms with E-state index in [9.17, 15) is 8.42 Å². The number of H-pyrrole nitrogens is 1. The van der Waals surface area contributed by atoms with Crippen molar-refractivity contribution in [2.24, 2.45) is 0 Å². The van der Waals surface area contributed by atoms with Gasteiger partial charge in [0.05, 0.1) is 23.6 Å². The Labute approximate surface area is 178 Å². The van der Waals surface area contributed by atoms with Crippen LogP contribution in [0.2, 0.25) is 0 Å². The normalized spacial score (nSPS) is 23.8. The van der Waals surface area contributed by atoms with E-state index in [0.717, 1.165) is 36.9 Å². The molecule has 2 aromatic rings. The Morgan fingerprint density at radius 2 is 1.80 bits per heavy atom. The van der Waals surface area contributed by atoms with Crippen LogP contribution in [0.1, 0.15) is 58.1 Å². The highest BCUT2D eigenvalue weighted by atomic mass is 32.2. The van der Waals surface area contributed by atoms with E-state index in [1.807, 2.05) is 23.1 Å². The molecule has 1 aromatic carbocycles. The first-order valence-corrected chi connectivity index (χ1v) is 12.3. The summed E-state index contributed by atoms with van der Waals surface area (Å²) in [6, 6.07) is 5.72. The third kappa shape index (κ3) is 4.22. The molecule has 30 heavy (non-hydrogen) atoms. The first-order valence-electron chi connectivity index (χ1n) is 10.8. The highest BCUT2D eigenvalue weighted by Crippen LogP contribution is 2.36. The van der Waals surface area contributed by atoms with Gasteiger partial charge in [-0.3, -0.25) is 0 Å². The minimum Gasteiger partial charge on any atom is -0.378 e. The van der Waals surface area contributed by atoms with E-state index >= 15 is 4.39 Å². The number of rotatable bonds is 4. The van der Waals surface area contributed by atoms with Crippen LogP contribution in [-0.2, 0) is 14.8 Å². The summed E-state index contributed by atoms with van der Waals surface area (Å²) >= 11 is 0. The van der Waals surface area contributed by atoms with Crippen molar-refractivity contribution in [3.05, 3.63) is 29.7 Å². The maximum Gasteiger partial charge on any atom is 0.216 e. The van der Waals surface area contributed by atoms with Gasteiger partial charge >= 0.3 is 0 Å². The van der Waals surface area contributed by atoms with Crippen molar-refractivity contribution in [3.8, 4) is 0 Å². The summed E-state index contributed by atoms with van der Waals surface area (Å²) in [5, 5.41) is 0.629. The molecule has 0 bridgehead atoms. The van der Waals surface area contributed by atoms with Crippen LogP contribution in [0.5, 0.6) is 0 Å². The fourth-order valence-electron chi connectivity index (χ4n) is 4.37. The van der Waals surface area contributed by atoms with Gasteiger partial charge in [0.15, 0.2) is 5.82 Å². The molecule has 0 radical (unpaired) electrons. The monoisotopic (exact) mass is 437 g/mol. The quantitative estimate of drug-likeness (QED) is 0.761. The lowest BCUT2D eigenvalue weighted by molar-refractivity contribution is 0.122. The van der Waals surface area contributed by atoms with Crippen LogP contribution in [0.3, 0.4) is 0 Å². The van der Waals surface area contributed by atoms with Crippen molar-refractivity contribution >= 4 is 26.6 Å². The lowest BCUT2D eigenvalue weighted by atomic mass is 9.84. The van der Waals surface area contributed by atoms with Crippen molar-refractivity contribution in [2.45, 2.75) is 63.2 Å². The number of sulfonamides is 1. The van der Waals surface area contributed by atoms with Gasteiger partial charge in [-0.05, 0) is 70.6 Å². The van der Waals surface area contributed by atoms with Crippen LogP contribution in [-0.4, -0.2) is 50.5 Å². The average Bonchev–Trinajstić information content (AvgIpc) is 3.14. The highest BCUT2D eigenvalue weighted by molar-refractivity contribution is 7.90. The first kappa shape index (κ1) is 21.6. The summed E-state index contributed by atoms with van der Waals surface area (Å²) in [7, 11) is -3.34. The number of hydrogen-bond donors (Lipinski definition) is 2. The van der Waals surface area contributed by atoms with Gasteiger partial charge in [-0.25, -0.2) is 17.5 Å². The molecular formula is C22H32FN3O3S.